The average Bonchev–Trinajstić information content (AvgIpc) is 2.93. The monoisotopic (exact) mass is 264 g/mol. The third-order valence-corrected chi connectivity index (χ3v) is 4.24. The minimum absolute atomic E-state index is 0.358. The topological polar surface area (TPSA) is 77.0 Å². The summed E-state index contributed by atoms with van der Waals surface area (Å²) in [6.07, 6.45) is 2.27. The zero-order valence-electron chi connectivity index (χ0n) is 10.3. The predicted octanol–water partition coefficient (Wildman–Crippen LogP) is 1.47. The molecule has 0 bridgehead atoms. The van der Waals surface area contributed by atoms with Crippen LogP contribution in [-0.4, -0.2) is 19.9 Å². The average molecular weight is 264 g/mol. The first-order valence-electron chi connectivity index (χ1n) is 6.12. The highest BCUT2D eigenvalue weighted by molar-refractivity contribution is 7.12. The first-order chi connectivity index (χ1) is 8.70. The van der Waals surface area contributed by atoms with E-state index in [2.05, 4.69) is 10.1 Å². The van der Waals surface area contributed by atoms with Gasteiger partial charge in [-0.1, -0.05) is 0 Å². The van der Waals surface area contributed by atoms with Crippen molar-refractivity contribution < 1.29 is 5.11 Å². The summed E-state index contributed by atoms with van der Waals surface area (Å²) in [4.78, 5) is 4.46. The summed E-state index contributed by atoms with van der Waals surface area (Å²) < 4.78 is 1.86. The summed E-state index contributed by atoms with van der Waals surface area (Å²) in [6, 6.07) is 0. The van der Waals surface area contributed by atoms with Gasteiger partial charge in [-0.25, -0.2) is 9.67 Å². The van der Waals surface area contributed by atoms with Crippen LogP contribution < -0.4 is 5.73 Å². The third-order valence-electron chi connectivity index (χ3n) is 3.30. The van der Waals surface area contributed by atoms with Crippen LogP contribution in [0.15, 0.2) is 5.38 Å². The molecule has 2 aromatic heterocycles. The van der Waals surface area contributed by atoms with E-state index in [1.807, 2.05) is 17.0 Å². The van der Waals surface area contributed by atoms with Crippen LogP contribution in [0.5, 0.6) is 0 Å². The predicted molar refractivity (Wildman–Crippen MR) is 69.8 cm³/mol. The Morgan fingerprint density at radius 1 is 1.61 bits per heavy atom. The van der Waals surface area contributed by atoms with E-state index >= 15 is 0 Å². The Hall–Kier alpha value is -1.24. The molecule has 0 aliphatic heterocycles. The molecule has 0 amide bonds. The number of aryl methyl sites for hydroxylation is 1. The van der Waals surface area contributed by atoms with Crippen LogP contribution in [0.1, 0.15) is 41.6 Å². The van der Waals surface area contributed by atoms with Gasteiger partial charge < -0.3 is 10.8 Å². The second-order valence-corrected chi connectivity index (χ2v) is 5.44. The van der Waals surface area contributed by atoms with E-state index in [-0.39, 0.29) is 0 Å². The van der Waals surface area contributed by atoms with Crippen LogP contribution in [0.2, 0.25) is 0 Å². The molecule has 0 spiro atoms. The largest absolute Gasteiger partial charge is 0.388 e. The van der Waals surface area contributed by atoms with Crippen molar-refractivity contribution in [1.82, 2.24) is 14.8 Å². The second kappa shape index (κ2) is 4.46. The molecule has 3 rings (SSSR count). The highest BCUT2D eigenvalue weighted by Crippen LogP contribution is 2.34. The van der Waals surface area contributed by atoms with E-state index in [1.165, 1.54) is 0 Å². The Bertz CT molecular complexity index is 575. The van der Waals surface area contributed by atoms with Crippen molar-refractivity contribution in [3.8, 4) is 5.13 Å². The van der Waals surface area contributed by atoms with E-state index in [0.717, 1.165) is 47.0 Å². The fraction of sp³-hybridized carbons (Fsp3) is 0.500. The molecule has 0 saturated carbocycles. The molecule has 0 fully saturated rings. The van der Waals surface area contributed by atoms with Gasteiger partial charge in [-0.05, 0) is 26.2 Å². The highest BCUT2D eigenvalue weighted by Gasteiger charge is 2.27. The number of aliphatic hydroxyl groups is 1. The molecular formula is C12H16N4OS. The summed E-state index contributed by atoms with van der Waals surface area (Å²) in [5.74, 6) is 0. The molecule has 3 N–H and O–H groups in total. The van der Waals surface area contributed by atoms with Gasteiger partial charge in [0, 0.05) is 17.5 Å². The fourth-order valence-corrected chi connectivity index (χ4v) is 3.27. The molecule has 0 aromatic carbocycles. The Balaban J connectivity index is 2.16. The Labute approximate surface area is 109 Å². The van der Waals surface area contributed by atoms with E-state index in [1.54, 1.807) is 11.3 Å². The molecule has 1 aliphatic rings. The molecule has 0 saturated heterocycles. The molecule has 0 radical (unpaired) electrons. The lowest BCUT2D eigenvalue weighted by atomic mass is 9.93. The molecule has 96 valence electrons. The van der Waals surface area contributed by atoms with Crippen molar-refractivity contribution >= 4 is 11.3 Å². The van der Waals surface area contributed by atoms with Crippen LogP contribution in [0.4, 0.5) is 0 Å². The quantitative estimate of drug-likeness (QED) is 0.861. The Morgan fingerprint density at radius 3 is 3.11 bits per heavy atom. The zero-order chi connectivity index (χ0) is 12.7. The van der Waals surface area contributed by atoms with E-state index < -0.39 is 6.10 Å². The Morgan fingerprint density at radius 2 is 2.44 bits per heavy atom. The number of fused-ring (bicyclic) bond motifs is 1. The van der Waals surface area contributed by atoms with Gasteiger partial charge in [0.25, 0.3) is 0 Å². The minimum Gasteiger partial charge on any atom is -0.388 e. The SMILES string of the molecule is Cc1csc(-n2nc(CN)c3c2CCCC3O)n1. The van der Waals surface area contributed by atoms with Gasteiger partial charge in [0.15, 0.2) is 0 Å². The summed E-state index contributed by atoms with van der Waals surface area (Å²) >= 11 is 1.57. The molecule has 1 atom stereocenters. The maximum Gasteiger partial charge on any atom is 0.210 e. The van der Waals surface area contributed by atoms with Crippen LogP contribution in [0.3, 0.4) is 0 Å². The number of aliphatic hydroxyl groups excluding tert-OH is 1. The number of rotatable bonds is 2. The number of aromatic nitrogens is 3. The lowest BCUT2D eigenvalue weighted by molar-refractivity contribution is 0.155. The lowest BCUT2D eigenvalue weighted by Crippen LogP contribution is -2.12. The van der Waals surface area contributed by atoms with Crippen molar-refractivity contribution in [1.29, 1.82) is 0 Å². The summed E-state index contributed by atoms with van der Waals surface area (Å²) in [6.45, 7) is 2.32. The van der Waals surface area contributed by atoms with Gasteiger partial charge in [0.05, 0.1) is 23.2 Å². The second-order valence-electron chi connectivity index (χ2n) is 4.60. The molecule has 1 unspecified atom stereocenters. The lowest BCUT2D eigenvalue weighted by Gasteiger charge is -2.18. The smallest absolute Gasteiger partial charge is 0.210 e. The molecule has 18 heavy (non-hydrogen) atoms. The van der Waals surface area contributed by atoms with Crippen molar-refractivity contribution in [2.24, 2.45) is 5.73 Å². The van der Waals surface area contributed by atoms with Gasteiger partial charge in [-0.2, -0.15) is 5.10 Å². The standard InChI is InChI=1S/C12H16N4OS/c1-7-6-18-12(14-7)16-9-3-2-4-10(17)11(9)8(5-13)15-16/h6,10,17H,2-5,13H2,1H3. The maximum absolute atomic E-state index is 10.1. The first-order valence-corrected chi connectivity index (χ1v) is 7.00. The molecular weight excluding hydrogens is 248 g/mol. The maximum atomic E-state index is 10.1. The molecule has 1 aliphatic carbocycles. The van der Waals surface area contributed by atoms with E-state index in [0.29, 0.717) is 6.54 Å². The fourth-order valence-electron chi connectivity index (χ4n) is 2.50. The van der Waals surface area contributed by atoms with Gasteiger partial charge in [0.1, 0.15) is 0 Å². The number of thiazole rings is 1. The van der Waals surface area contributed by atoms with Gasteiger partial charge in [0.2, 0.25) is 5.13 Å². The molecule has 5 nitrogen and oxygen atoms in total. The first kappa shape index (κ1) is 11.8. The third kappa shape index (κ3) is 1.77. The number of nitrogens with two attached hydrogens (primary N) is 1. The van der Waals surface area contributed by atoms with E-state index in [4.69, 9.17) is 5.73 Å². The summed E-state index contributed by atoms with van der Waals surface area (Å²) in [5.41, 5.74) is 9.52. The van der Waals surface area contributed by atoms with Crippen molar-refractivity contribution in [2.45, 2.75) is 38.8 Å². The van der Waals surface area contributed by atoms with Crippen molar-refractivity contribution in [3.05, 3.63) is 28.0 Å². The molecule has 6 heteroatoms. The number of hydrogen-bond acceptors (Lipinski definition) is 5. The van der Waals surface area contributed by atoms with Gasteiger partial charge in [-0.3, -0.25) is 0 Å². The Kier molecular flexibility index (Phi) is 2.93. The number of nitrogens with zero attached hydrogens (tertiary/aromatic N) is 3. The van der Waals surface area contributed by atoms with Crippen LogP contribution in [0, 0.1) is 6.92 Å². The number of hydrogen-bond donors (Lipinski definition) is 2. The molecule has 2 heterocycles. The van der Waals surface area contributed by atoms with E-state index in [9.17, 15) is 5.11 Å². The minimum atomic E-state index is -0.429. The van der Waals surface area contributed by atoms with Crippen molar-refractivity contribution in [2.75, 3.05) is 0 Å². The van der Waals surface area contributed by atoms with Gasteiger partial charge in [-0.15, -0.1) is 11.3 Å². The van der Waals surface area contributed by atoms with Crippen LogP contribution in [-0.2, 0) is 13.0 Å². The van der Waals surface area contributed by atoms with Gasteiger partial charge >= 0.3 is 0 Å². The summed E-state index contributed by atoms with van der Waals surface area (Å²) in [5, 5.41) is 17.5. The highest BCUT2D eigenvalue weighted by atomic mass is 32.1. The van der Waals surface area contributed by atoms with Crippen LogP contribution >= 0.6 is 11.3 Å². The molecule has 2 aromatic rings. The normalized spacial score (nSPS) is 18.9. The summed E-state index contributed by atoms with van der Waals surface area (Å²) in [7, 11) is 0. The van der Waals surface area contributed by atoms with Crippen molar-refractivity contribution in [3.63, 3.8) is 0 Å². The van der Waals surface area contributed by atoms with Crippen LogP contribution in [0.25, 0.3) is 5.13 Å². The zero-order valence-corrected chi connectivity index (χ0v) is 11.1.